The van der Waals surface area contributed by atoms with E-state index in [2.05, 4.69) is 10.3 Å². The third-order valence-corrected chi connectivity index (χ3v) is 4.39. The number of Topliss-reactive ketones (excluding diaryl/α,β-unsaturated/α-hetero) is 1. The molecule has 0 aliphatic heterocycles. The molecule has 0 saturated heterocycles. The van der Waals surface area contributed by atoms with Crippen molar-refractivity contribution < 1.29 is 22.8 Å². The average Bonchev–Trinajstić information content (AvgIpc) is 2.96. The van der Waals surface area contributed by atoms with Crippen LogP contribution in [0.15, 0.2) is 48.5 Å². The van der Waals surface area contributed by atoms with Gasteiger partial charge in [-0.05, 0) is 30.3 Å². The van der Waals surface area contributed by atoms with Crippen LogP contribution in [-0.4, -0.2) is 16.7 Å². The summed E-state index contributed by atoms with van der Waals surface area (Å²) in [5, 5.41) is 2.67. The molecule has 0 radical (unpaired) electrons. The van der Waals surface area contributed by atoms with Crippen LogP contribution >= 0.6 is 11.3 Å². The van der Waals surface area contributed by atoms with Crippen LogP contribution in [0.3, 0.4) is 0 Å². The molecule has 3 aromatic rings. The predicted octanol–water partition coefficient (Wildman–Crippen LogP) is 4.07. The molecule has 1 N–H and O–H groups in total. The molecule has 0 atom stereocenters. The van der Waals surface area contributed by atoms with E-state index in [0.717, 1.165) is 28.4 Å². The molecule has 0 spiro atoms. The lowest BCUT2D eigenvalue weighted by Gasteiger charge is -2.09. The number of halogens is 3. The van der Waals surface area contributed by atoms with Crippen molar-refractivity contribution in [3.05, 3.63) is 59.1 Å². The van der Waals surface area contributed by atoms with Gasteiger partial charge in [0.2, 0.25) is 5.78 Å². The molecular weight excluding hydrogens is 353 g/mol. The maximum atomic E-state index is 12.7. The van der Waals surface area contributed by atoms with Gasteiger partial charge in [-0.15, -0.1) is 11.3 Å². The van der Waals surface area contributed by atoms with Crippen molar-refractivity contribution in [1.29, 1.82) is 0 Å². The molecule has 4 nitrogen and oxygen atoms in total. The minimum Gasteiger partial charge on any atom is -0.319 e. The van der Waals surface area contributed by atoms with Gasteiger partial charge in [0.05, 0.1) is 22.2 Å². The highest BCUT2D eigenvalue weighted by atomic mass is 32.1. The number of nitrogens with zero attached hydrogens (tertiary/aromatic N) is 1. The van der Waals surface area contributed by atoms with Crippen LogP contribution in [-0.2, 0) is 22.2 Å². The summed E-state index contributed by atoms with van der Waals surface area (Å²) in [7, 11) is 0. The first-order valence-corrected chi connectivity index (χ1v) is 8.00. The standard InChI is InChI=1S/C17H11F3N2O2S/c18-17(19,20)10-4-3-5-11(8-10)21-16(24)13(23)9-15-22-12-6-1-2-7-14(12)25-15/h1-8H,9H2,(H,21,24). The van der Waals surface area contributed by atoms with E-state index < -0.39 is 23.4 Å². The van der Waals surface area contributed by atoms with Gasteiger partial charge in [0, 0.05) is 5.69 Å². The Labute approximate surface area is 144 Å². The number of thiazole rings is 1. The molecule has 0 aliphatic rings. The number of hydrogen-bond donors (Lipinski definition) is 1. The molecule has 2 aromatic carbocycles. The highest BCUT2D eigenvalue weighted by molar-refractivity contribution is 7.18. The Morgan fingerprint density at radius 3 is 2.56 bits per heavy atom. The Bertz CT molecular complexity index is 917. The second kappa shape index (κ2) is 6.64. The Kier molecular flexibility index (Phi) is 4.54. The van der Waals surface area contributed by atoms with E-state index in [1.807, 2.05) is 18.2 Å². The molecule has 0 saturated carbocycles. The fourth-order valence-corrected chi connectivity index (χ4v) is 3.15. The van der Waals surface area contributed by atoms with Crippen molar-refractivity contribution in [2.45, 2.75) is 12.6 Å². The van der Waals surface area contributed by atoms with Crippen molar-refractivity contribution in [1.82, 2.24) is 4.98 Å². The van der Waals surface area contributed by atoms with E-state index in [4.69, 9.17) is 0 Å². The molecule has 0 aliphatic carbocycles. The number of rotatable bonds is 4. The fraction of sp³-hybridized carbons (Fsp3) is 0.118. The summed E-state index contributed by atoms with van der Waals surface area (Å²) in [6, 6.07) is 11.4. The molecule has 8 heteroatoms. The maximum Gasteiger partial charge on any atom is 0.416 e. The van der Waals surface area contributed by atoms with Gasteiger partial charge >= 0.3 is 6.18 Å². The zero-order valence-electron chi connectivity index (χ0n) is 12.6. The number of alkyl halides is 3. The molecule has 128 valence electrons. The number of amides is 1. The number of benzene rings is 2. The van der Waals surface area contributed by atoms with E-state index in [-0.39, 0.29) is 12.1 Å². The first-order valence-electron chi connectivity index (χ1n) is 7.19. The maximum absolute atomic E-state index is 12.7. The predicted molar refractivity (Wildman–Crippen MR) is 88.4 cm³/mol. The van der Waals surface area contributed by atoms with E-state index in [9.17, 15) is 22.8 Å². The van der Waals surface area contributed by atoms with E-state index in [1.54, 1.807) is 6.07 Å². The zero-order chi connectivity index (χ0) is 18.0. The highest BCUT2D eigenvalue weighted by Gasteiger charge is 2.30. The van der Waals surface area contributed by atoms with Gasteiger partial charge in [-0.2, -0.15) is 13.2 Å². The Hall–Kier alpha value is -2.74. The quantitative estimate of drug-likeness (QED) is 0.710. The second-order valence-corrected chi connectivity index (χ2v) is 6.32. The number of carbonyl (C=O) groups excluding carboxylic acids is 2. The number of anilines is 1. The van der Waals surface area contributed by atoms with Crippen molar-refractivity contribution in [2.24, 2.45) is 0 Å². The van der Waals surface area contributed by atoms with E-state index >= 15 is 0 Å². The van der Waals surface area contributed by atoms with E-state index in [1.165, 1.54) is 17.4 Å². The number of carbonyl (C=O) groups is 2. The molecule has 25 heavy (non-hydrogen) atoms. The van der Waals surface area contributed by atoms with Gasteiger partial charge in [0.25, 0.3) is 5.91 Å². The minimum atomic E-state index is -4.52. The number of aromatic nitrogens is 1. The van der Waals surface area contributed by atoms with Gasteiger partial charge < -0.3 is 5.32 Å². The molecule has 0 bridgehead atoms. The van der Waals surface area contributed by atoms with Crippen molar-refractivity contribution in [3.8, 4) is 0 Å². The number of fused-ring (bicyclic) bond motifs is 1. The van der Waals surface area contributed by atoms with E-state index in [0.29, 0.717) is 5.01 Å². The number of para-hydroxylation sites is 1. The summed E-state index contributed by atoms with van der Waals surface area (Å²) in [4.78, 5) is 28.2. The molecular formula is C17H11F3N2O2S. The van der Waals surface area contributed by atoms with Crippen LogP contribution < -0.4 is 5.32 Å². The van der Waals surface area contributed by atoms with Gasteiger partial charge in [0.1, 0.15) is 5.01 Å². The number of hydrogen-bond acceptors (Lipinski definition) is 4. The van der Waals surface area contributed by atoms with Gasteiger partial charge in [-0.25, -0.2) is 4.98 Å². The van der Waals surface area contributed by atoms with Gasteiger partial charge in [-0.1, -0.05) is 18.2 Å². The first kappa shape index (κ1) is 17.1. The van der Waals surface area contributed by atoms with Crippen molar-refractivity contribution >= 4 is 38.9 Å². The molecule has 3 rings (SSSR count). The lowest BCUT2D eigenvalue weighted by molar-refractivity contribution is -0.137. The van der Waals surface area contributed by atoms with Crippen molar-refractivity contribution in [2.75, 3.05) is 5.32 Å². The lowest BCUT2D eigenvalue weighted by Crippen LogP contribution is -2.24. The van der Waals surface area contributed by atoms with Gasteiger partial charge in [-0.3, -0.25) is 9.59 Å². The van der Waals surface area contributed by atoms with Crippen molar-refractivity contribution in [3.63, 3.8) is 0 Å². The summed E-state index contributed by atoms with van der Waals surface area (Å²) in [6.07, 6.45) is -4.73. The Morgan fingerprint density at radius 1 is 1.08 bits per heavy atom. The topological polar surface area (TPSA) is 59.1 Å². The summed E-state index contributed by atoms with van der Waals surface area (Å²) in [5.41, 5.74) is -0.255. The molecule has 1 heterocycles. The SMILES string of the molecule is O=C(Cc1nc2ccccc2s1)C(=O)Nc1cccc(C(F)(F)F)c1. The lowest BCUT2D eigenvalue weighted by atomic mass is 10.2. The largest absolute Gasteiger partial charge is 0.416 e. The Morgan fingerprint density at radius 2 is 1.84 bits per heavy atom. The molecule has 1 aromatic heterocycles. The minimum absolute atomic E-state index is 0.0857. The van der Waals surface area contributed by atoms with Crippen LogP contribution in [0.25, 0.3) is 10.2 Å². The third-order valence-electron chi connectivity index (χ3n) is 3.35. The smallest absolute Gasteiger partial charge is 0.319 e. The highest BCUT2D eigenvalue weighted by Crippen LogP contribution is 2.30. The van der Waals surface area contributed by atoms with Crippen LogP contribution in [0.2, 0.25) is 0 Å². The summed E-state index contributed by atoms with van der Waals surface area (Å²) < 4.78 is 38.9. The normalized spacial score (nSPS) is 11.5. The van der Waals surface area contributed by atoms with Crippen LogP contribution in [0, 0.1) is 0 Å². The zero-order valence-corrected chi connectivity index (χ0v) is 13.4. The molecule has 0 fully saturated rings. The monoisotopic (exact) mass is 364 g/mol. The summed E-state index contributed by atoms with van der Waals surface area (Å²) in [5.74, 6) is -1.74. The fourth-order valence-electron chi connectivity index (χ4n) is 2.19. The summed E-state index contributed by atoms with van der Waals surface area (Å²) >= 11 is 1.29. The van der Waals surface area contributed by atoms with Gasteiger partial charge in [0.15, 0.2) is 0 Å². The van der Waals surface area contributed by atoms with Crippen LogP contribution in [0.1, 0.15) is 10.6 Å². The second-order valence-electron chi connectivity index (χ2n) is 5.21. The average molecular weight is 364 g/mol. The van der Waals surface area contributed by atoms with Crippen LogP contribution in [0.5, 0.6) is 0 Å². The molecule has 1 amide bonds. The number of nitrogens with one attached hydrogen (secondary N) is 1. The van der Waals surface area contributed by atoms with Crippen LogP contribution in [0.4, 0.5) is 18.9 Å². The third kappa shape index (κ3) is 4.03. The first-order chi connectivity index (χ1) is 11.8. The molecule has 0 unspecified atom stereocenters. The summed E-state index contributed by atoms with van der Waals surface area (Å²) in [6.45, 7) is 0. The number of ketones is 1. The Balaban J connectivity index is 1.69.